The SMILES string of the molecule is CCN(C(=O)C(C)Cc1ccc(O)c(O)c1)C1CCS(=O)(=O)C1. The van der Waals surface area contributed by atoms with Crippen molar-refractivity contribution < 1.29 is 23.4 Å². The van der Waals surface area contributed by atoms with Gasteiger partial charge in [-0.15, -0.1) is 0 Å². The Morgan fingerprint density at radius 2 is 2.04 bits per heavy atom. The average molecular weight is 341 g/mol. The fourth-order valence-corrected chi connectivity index (χ4v) is 4.77. The number of carbonyl (C=O) groups is 1. The van der Waals surface area contributed by atoms with E-state index >= 15 is 0 Å². The summed E-state index contributed by atoms with van der Waals surface area (Å²) in [5.41, 5.74) is 0.747. The number of amides is 1. The lowest BCUT2D eigenvalue weighted by Crippen LogP contribution is -2.44. The second-order valence-electron chi connectivity index (χ2n) is 6.11. The van der Waals surface area contributed by atoms with E-state index in [0.717, 1.165) is 5.56 Å². The van der Waals surface area contributed by atoms with Crippen LogP contribution >= 0.6 is 0 Å². The van der Waals surface area contributed by atoms with Crippen LogP contribution < -0.4 is 0 Å². The maximum Gasteiger partial charge on any atom is 0.226 e. The van der Waals surface area contributed by atoms with Gasteiger partial charge < -0.3 is 15.1 Å². The van der Waals surface area contributed by atoms with Crippen molar-refractivity contribution in [2.45, 2.75) is 32.7 Å². The van der Waals surface area contributed by atoms with E-state index in [-0.39, 0.29) is 40.9 Å². The van der Waals surface area contributed by atoms with Crippen LogP contribution in [0.15, 0.2) is 18.2 Å². The summed E-state index contributed by atoms with van der Waals surface area (Å²) in [7, 11) is -3.03. The molecule has 0 saturated carbocycles. The summed E-state index contributed by atoms with van der Waals surface area (Å²) >= 11 is 0. The monoisotopic (exact) mass is 341 g/mol. The van der Waals surface area contributed by atoms with Crippen molar-refractivity contribution in [3.8, 4) is 11.5 Å². The molecule has 1 amide bonds. The molecule has 128 valence electrons. The van der Waals surface area contributed by atoms with Gasteiger partial charge in [-0.3, -0.25) is 4.79 Å². The first-order valence-electron chi connectivity index (χ1n) is 7.75. The van der Waals surface area contributed by atoms with Gasteiger partial charge >= 0.3 is 0 Å². The highest BCUT2D eigenvalue weighted by molar-refractivity contribution is 7.91. The molecule has 1 aliphatic heterocycles. The molecule has 0 spiro atoms. The lowest BCUT2D eigenvalue weighted by atomic mass is 9.98. The first kappa shape index (κ1) is 17.6. The van der Waals surface area contributed by atoms with E-state index in [4.69, 9.17) is 0 Å². The van der Waals surface area contributed by atoms with Gasteiger partial charge in [0.15, 0.2) is 21.3 Å². The lowest BCUT2D eigenvalue weighted by molar-refractivity contribution is -0.136. The standard InChI is InChI=1S/C16H23NO5S/c1-3-17(13-6-7-23(21,22)10-13)16(20)11(2)8-12-4-5-14(18)15(19)9-12/h4-5,9,11,13,18-19H,3,6-8,10H2,1-2H3. The van der Waals surface area contributed by atoms with Crippen LogP contribution in [0.4, 0.5) is 0 Å². The van der Waals surface area contributed by atoms with E-state index in [1.54, 1.807) is 17.9 Å². The summed E-state index contributed by atoms with van der Waals surface area (Å²) in [6, 6.07) is 4.25. The first-order chi connectivity index (χ1) is 10.7. The molecule has 0 aromatic heterocycles. The van der Waals surface area contributed by atoms with Crippen molar-refractivity contribution >= 4 is 15.7 Å². The zero-order valence-electron chi connectivity index (χ0n) is 13.4. The molecule has 1 aromatic rings. The van der Waals surface area contributed by atoms with Gasteiger partial charge in [0.2, 0.25) is 5.91 Å². The number of sulfone groups is 1. The molecule has 1 fully saturated rings. The molecule has 2 N–H and O–H groups in total. The molecule has 23 heavy (non-hydrogen) atoms. The van der Waals surface area contributed by atoms with Crippen LogP contribution in [0.1, 0.15) is 25.8 Å². The molecule has 0 radical (unpaired) electrons. The Hall–Kier alpha value is -1.76. The molecule has 2 unspecified atom stereocenters. The second kappa shape index (κ2) is 6.78. The number of carbonyl (C=O) groups excluding carboxylic acids is 1. The fourth-order valence-electron chi connectivity index (χ4n) is 3.04. The van der Waals surface area contributed by atoms with Gasteiger partial charge in [0.25, 0.3) is 0 Å². The predicted octanol–water partition coefficient (Wildman–Crippen LogP) is 1.31. The normalized spacial score (nSPS) is 21.0. The Kier molecular flexibility index (Phi) is 5.19. The molecule has 0 aliphatic carbocycles. The quantitative estimate of drug-likeness (QED) is 0.788. The number of hydrogen-bond acceptors (Lipinski definition) is 5. The fraction of sp³-hybridized carbons (Fsp3) is 0.562. The molecule has 1 saturated heterocycles. The number of benzene rings is 1. The third kappa shape index (κ3) is 4.16. The average Bonchev–Trinajstić information content (AvgIpc) is 2.83. The van der Waals surface area contributed by atoms with Crippen molar-refractivity contribution in [2.75, 3.05) is 18.1 Å². The largest absolute Gasteiger partial charge is 0.504 e. The van der Waals surface area contributed by atoms with Gasteiger partial charge in [0.05, 0.1) is 11.5 Å². The molecular formula is C16H23NO5S. The highest BCUT2D eigenvalue weighted by atomic mass is 32.2. The van der Waals surface area contributed by atoms with Crippen LogP contribution in [-0.4, -0.2) is 53.5 Å². The molecule has 1 heterocycles. The maximum absolute atomic E-state index is 12.6. The number of phenolic OH excluding ortho intramolecular Hbond substituents is 2. The van der Waals surface area contributed by atoms with E-state index in [1.807, 2.05) is 6.92 Å². The van der Waals surface area contributed by atoms with Crippen molar-refractivity contribution in [2.24, 2.45) is 5.92 Å². The topological polar surface area (TPSA) is 94.9 Å². The van der Waals surface area contributed by atoms with Gasteiger partial charge in [0, 0.05) is 18.5 Å². The summed E-state index contributed by atoms with van der Waals surface area (Å²) in [6.07, 6.45) is 0.914. The number of aromatic hydroxyl groups is 2. The van der Waals surface area contributed by atoms with Crippen LogP contribution in [0.2, 0.25) is 0 Å². The maximum atomic E-state index is 12.6. The molecular weight excluding hydrogens is 318 g/mol. The molecule has 2 atom stereocenters. The molecule has 6 nitrogen and oxygen atoms in total. The van der Waals surface area contributed by atoms with Gasteiger partial charge in [-0.2, -0.15) is 0 Å². The third-order valence-electron chi connectivity index (χ3n) is 4.28. The van der Waals surface area contributed by atoms with Gasteiger partial charge in [-0.25, -0.2) is 8.42 Å². The number of nitrogens with zero attached hydrogens (tertiary/aromatic N) is 1. The van der Waals surface area contributed by atoms with E-state index in [0.29, 0.717) is 19.4 Å². The molecule has 2 rings (SSSR count). The van der Waals surface area contributed by atoms with Crippen LogP contribution in [0.25, 0.3) is 0 Å². The van der Waals surface area contributed by atoms with Crippen molar-refractivity contribution in [3.63, 3.8) is 0 Å². The van der Waals surface area contributed by atoms with Crippen LogP contribution in [-0.2, 0) is 21.1 Å². The zero-order chi connectivity index (χ0) is 17.2. The lowest BCUT2D eigenvalue weighted by Gasteiger charge is -2.29. The smallest absolute Gasteiger partial charge is 0.226 e. The summed E-state index contributed by atoms with van der Waals surface area (Å²) < 4.78 is 23.2. The van der Waals surface area contributed by atoms with Crippen molar-refractivity contribution in [3.05, 3.63) is 23.8 Å². The van der Waals surface area contributed by atoms with E-state index in [1.165, 1.54) is 12.1 Å². The Labute approximate surface area is 136 Å². The van der Waals surface area contributed by atoms with Crippen LogP contribution in [0.3, 0.4) is 0 Å². The number of rotatable bonds is 5. The Bertz CT molecular complexity index is 686. The Morgan fingerprint density at radius 3 is 2.57 bits per heavy atom. The summed E-state index contributed by atoms with van der Waals surface area (Å²) in [6.45, 7) is 4.12. The van der Waals surface area contributed by atoms with Gasteiger partial charge in [-0.1, -0.05) is 13.0 Å². The molecule has 0 bridgehead atoms. The van der Waals surface area contributed by atoms with Crippen LogP contribution in [0.5, 0.6) is 11.5 Å². The Balaban J connectivity index is 2.06. The minimum Gasteiger partial charge on any atom is -0.504 e. The predicted molar refractivity (Wildman–Crippen MR) is 87.1 cm³/mol. The van der Waals surface area contributed by atoms with Gasteiger partial charge in [-0.05, 0) is 37.5 Å². The molecule has 1 aromatic carbocycles. The zero-order valence-corrected chi connectivity index (χ0v) is 14.2. The minimum atomic E-state index is -3.03. The third-order valence-corrected chi connectivity index (χ3v) is 6.03. The molecule has 1 aliphatic rings. The van der Waals surface area contributed by atoms with E-state index in [2.05, 4.69) is 0 Å². The highest BCUT2D eigenvalue weighted by Gasteiger charge is 2.35. The summed E-state index contributed by atoms with van der Waals surface area (Å²) in [5.74, 6) is -0.638. The Morgan fingerprint density at radius 1 is 1.35 bits per heavy atom. The van der Waals surface area contributed by atoms with E-state index in [9.17, 15) is 23.4 Å². The number of hydrogen-bond donors (Lipinski definition) is 2. The number of phenols is 2. The van der Waals surface area contributed by atoms with Gasteiger partial charge in [0.1, 0.15) is 0 Å². The summed E-state index contributed by atoms with van der Waals surface area (Å²) in [5, 5.41) is 18.8. The first-order valence-corrected chi connectivity index (χ1v) is 9.57. The second-order valence-corrected chi connectivity index (χ2v) is 8.34. The van der Waals surface area contributed by atoms with Crippen molar-refractivity contribution in [1.82, 2.24) is 4.90 Å². The summed E-state index contributed by atoms with van der Waals surface area (Å²) in [4.78, 5) is 14.3. The molecule has 7 heteroatoms. The van der Waals surface area contributed by atoms with E-state index < -0.39 is 9.84 Å². The highest BCUT2D eigenvalue weighted by Crippen LogP contribution is 2.27. The minimum absolute atomic E-state index is 0.0410. The van der Waals surface area contributed by atoms with Crippen LogP contribution in [0, 0.1) is 5.92 Å². The van der Waals surface area contributed by atoms with Crippen molar-refractivity contribution in [1.29, 1.82) is 0 Å².